The van der Waals surface area contributed by atoms with E-state index in [0.717, 1.165) is 16.7 Å². The maximum absolute atomic E-state index is 13.7. The first-order valence-corrected chi connectivity index (χ1v) is 17.2. The van der Waals surface area contributed by atoms with E-state index in [2.05, 4.69) is 46.6 Å². The molecule has 3 N–H and O–H groups in total. The van der Waals surface area contributed by atoms with Gasteiger partial charge in [0.05, 0.1) is 34.7 Å². The summed E-state index contributed by atoms with van der Waals surface area (Å²) in [6.07, 6.45) is 8.83. The van der Waals surface area contributed by atoms with Gasteiger partial charge in [-0.1, -0.05) is 0 Å². The zero-order valence-electron chi connectivity index (χ0n) is 26.5. The Bertz CT molecular complexity index is 2030. The van der Waals surface area contributed by atoms with E-state index >= 15 is 0 Å². The van der Waals surface area contributed by atoms with Crippen molar-refractivity contribution in [2.45, 2.75) is 18.8 Å². The minimum Gasteiger partial charge on any atom is -0.495 e. The van der Waals surface area contributed by atoms with Crippen molar-refractivity contribution in [3.05, 3.63) is 65.3 Å². The summed E-state index contributed by atoms with van der Waals surface area (Å²) in [5, 5.41) is 20.6. The molecule has 17 heteroatoms. The van der Waals surface area contributed by atoms with Crippen LogP contribution in [0.5, 0.6) is 5.75 Å². The van der Waals surface area contributed by atoms with Crippen LogP contribution in [0.2, 0.25) is 0 Å². The third-order valence-electron chi connectivity index (χ3n) is 8.20. The van der Waals surface area contributed by atoms with Crippen molar-refractivity contribution in [2.75, 3.05) is 45.1 Å². The minimum absolute atomic E-state index is 0.120. The number of nitrogens with zero attached hydrogens (tertiary/aromatic N) is 7. The number of piperidine rings is 1. The second-order valence-corrected chi connectivity index (χ2v) is 14.0. The molecule has 0 aliphatic carbocycles. The van der Waals surface area contributed by atoms with E-state index in [1.165, 1.54) is 25.3 Å². The molecule has 15 nitrogen and oxygen atoms in total. The summed E-state index contributed by atoms with van der Waals surface area (Å²) in [5.41, 5.74) is 4.78. The predicted octanol–water partition coefficient (Wildman–Crippen LogP) is 6.05. The number of methoxy groups -OCH3 is 1. The number of halogens is 1. The van der Waals surface area contributed by atoms with E-state index in [0.29, 0.717) is 64.4 Å². The van der Waals surface area contributed by atoms with Crippen LogP contribution in [0.1, 0.15) is 24.3 Å². The molecule has 0 unspecified atom stereocenters. The van der Waals surface area contributed by atoms with Gasteiger partial charge in [0.15, 0.2) is 0 Å². The van der Waals surface area contributed by atoms with Crippen LogP contribution in [0.3, 0.4) is 0 Å². The molecule has 1 aliphatic heterocycles. The summed E-state index contributed by atoms with van der Waals surface area (Å²) in [5.74, 6) is 1.30. The number of carbonyl (C=O) groups is 1. The molecule has 1 saturated heterocycles. The molecule has 0 atom stereocenters. The fraction of sp³-hybridized carbons (Fsp3) is 0.290. The molecule has 1 aliphatic rings. The lowest BCUT2D eigenvalue weighted by Gasteiger charge is -2.31. The van der Waals surface area contributed by atoms with Crippen molar-refractivity contribution in [1.29, 1.82) is 0 Å². The van der Waals surface area contributed by atoms with Gasteiger partial charge in [-0.2, -0.15) is 10.1 Å². The molecule has 5 aromatic rings. The van der Waals surface area contributed by atoms with Crippen LogP contribution in [0, 0.1) is 0 Å². The Balaban J connectivity index is 1.37. The largest absolute Gasteiger partial charge is 0.495 e. The molecule has 0 bridgehead atoms. The maximum atomic E-state index is 13.7. The number of ether oxygens (including phenoxy) is 1. The van der Waals surface area contributed by atoms with Gasteiger partial charge >= 0.3 is 13.7 Å². The van der Waals surface area contributed by atoms with E-state index in [1.54, 1.807) is 42.5 Å². The Kier molecular flexibility index (Phi) is 9.60. The first-order valence-electron chi connectivity index (χ1n) is 14.8. The quantitative estimate of drug-likeness (QED) is 0.141. The molecule has 48 heavy (non-hydrogen) atoms. The van der Waals surface area contributed by atoms with Crippen molar-refractivity contribution >= 4 is 69.1 Å². The van der Waals surface area contributed by atoms with E-state index in [1.807, 2.05) is 25.4 Å². The first-order chi connectivity index (χ1) is 23.1. The SMILES string of the molecule is COc1cc(C2CCN(C(=O)O)CC2)c(-c2cnn(C)c2)cc1Nc1ncc(Br)c(Nc2ccc3nccnc3c2P(=O)(OC)OC)n1. The van der Waals surface area contributed by atoms with Crippen LogP contribution >= 0.6 is 23.5 Å². The molecule has 250 valence electrons. The number of benzene rings is 2. The van der Waals surface area contributed by atoms with Gasteiger partial charge in [-0.05, 0) is 70.1 Å². The highest BCUT2D eigenvalue weighted by Gasteiger charge is 2.32. The predicted molar refractivity (Wildman–Crippen MR) is 184 cm³/mol. The molecule has 0 spiro atoms. The van der Waals surface area contributed by atoms with Gasteiger partial charge in [-0.25, -0.2) is 9.78 Å². The van der Waals surface area contributed by atoms with E-state index in [-0.39, 0.29) is 17.2 Å². The highest BCUT2D eigenvalue weighted by Crippen LogP contribution is 2.49. The van der Waals surface area contributed by atoms with Crippen LogP contribution < -0.4 is 20.7 Å². The number of amides is 1. The maximum Gasteiger partial charge on any atom is 0.407 e. The fourth-order valence-electron chi connectivity index (χ4n) is 5.81. The summed E-state index contributed by atoms with van der Waals surface area (Å²) in [6.45, 7) is 0.903. The standard InChI is InChI=1S/C31H33BrN9O6P/c1-40-17-19(15-36-40)20-13-25(26(45-2)14-21(20)18-7-11-41(12-8-18)31(42)43)38-30-35-16-22(32)29(39-30)37-24-6-5-23-27(34-10-9-33-23)28(24)48(44,46-3)47-4/h5-6,9-10,13-18H,7-8,11-12H2,1-4H3,(H,42,43)(H2,35,37,38,39). The lowest BCUT2D eigenvalue weighted by atomic mass is 9.84. The van der Waals surface area contributed by atoms with Crippen molar-refractivity contribution in [3.8, 4) is 16.9 Å². The zero-order valence-corrected chi connectivity index (χ0v) is 29.0. The van der Waals surface area contributed by atoms with Crippen molar-refractivity contribution in [1.82, 2.24) is 34.6 Å². The van der Waals surface area contributed by atoms with Crippen LogP contribution in [-0.4, -0.2) is 80.2 Å². The molecular formula is C31H33BrN9O6P. The number of hydrogen-bond acceptors (Lipinski definition) is 12. The first kappa shape index (κ1) is 33.3. The summed E-state index contributed by atoms with van der Waals surface area (Å²) >= 11 is 3.52. The Morgan fingerprint density at radius 2 is 1.77 bits per heavy atom. The molecule has 1 fully saturated rings. The van der Waals surface area contributed by atoms with E-state index < -0.39 is 13.7 Å². The smallest absolute Gasteiger partial charge is 0.407 e. The van der Waals surface area contributed by atoms with Gasteiger partial charge in [0.1, 0.15) is 22.4 Å². The topological polar surface area (TPSA) is 179 Å². The normalized spacial score (nSPS) is 13.9. The molecule has 2 aromatic carbocycles. The molecule has 4 heterocycles. The Labute approximate surface area is 284 Å². The summed E-state index contributed by atoms with van der Waals surface area (Å²) in [4.78, 5) is 30.9. The third kappa shape index (κ3) is 6.56. The van der Waals surface area contributed by atoms with Crippen molar-refractivity contribution < 1.29 is 28.3 Å². The Morgan fingerprint density at radius 3 is 2.44 bits per heavy atom. The van der Waals surface area contributed by atoms with Gasteiger partial charge < -0.3 is 34.4 Å². The monoisotopic (exact) mass is 737 g/mol. The Hall–Kier alpha value is -4.63. The fourth-order valence-corrected chi connectivity index (χ4v) is 7.47. The number of hydrogen-bond donors (Lipinski definition) is 3. The number of aryl methyl sites for hydroxylation is 1. The van der Waals surface area contributed by atoms with Gasteiger partial charge in [0.25, 0.3) is 0 Å². The second-order valence-electron chi connectivity index (χ2n) is 11.0. The van der Waals surface area contributed by atoms with Crippen LogP contribution in [0.4, 0.5) is 27.9 Å². The number of anilines is 4. The van der Waals surface area contributed by atoms with Gasteiger partial charge in [0, 0.05) is 64.7 Å². The van der Waals surface area contributed by atoms with E-state index in [9.17, 15) is 14.5 Å². The highest BCUT2D eigenvalue weighted by molar-refractivity contribution is 9.10. The van der Waals surface area contributed by atoms with Crippen LogP contribution in [0.25, 0.3) is 22.2 Å². The number of nitrogens with one attached hydrogen (secondary N) is 2. The van der Waals surface area contributed by atoms with Gasteiger partial charge in [0.2, 0.25) is 5.95 Å². The average Bonchev–Trinajstić information content (AvgIpc) is 3.55. The van der Waals surface area contributed by atoms with Crippen LogP contribution in [0.15, 0.2) is 59.7 Å². The van der Waals surface area contributed by atoms with Gasteiger partial charge in [-0.3, -0.25) is 19.2 Å². The summed E-state index contributed by atoms with van der Waals surface area (Å²) < 4.78 is 32.5. The molecule has 0 radical (unpaired) electrons. The number of aromatic nitrogens is 6. The second kappa shape index (κ2) is 13.8. The lowest BCUT2D eigenvalue weighted by molar-refractivity contribution is 0.132. The lowest BCUT2D eigenvalue weighted by Crippen LogP contribution is -2.36. The van der Waals surface area contributed by atoms with Crippen molar-refractivity contribution in [3.63, 3.8) is 0 Å². The number of fused-ring (bicyclic) bond motifs is 1. The third-order valence-corrected chi connectivity index (χ3v) is 10.7. The Morgan fingerprint density at radius 1 is 1.02 bits per heavy atom. The number of carboxylic acid groups (broad SMARTS) is 1. The minimum atomic E-state index is -3.80. The van der Waals surface area contributed by atoms with E-state index in [4.69, 9.17) is 18.8 Å². The highest BCUT2D eigenvalue weighted by atomic mass is 79.9. The summed E-state index contributed by atoms with van der Waals surface area (Å²) in [6, 6.07) is 7.41. The average molecular weight is 739 g/mol. The molecule has 3 aromatic heterocycles. The van der Waals surface area contributed by atoms with Crippen LogP contribution in [-0.2, 0) is 20.7 Å². The molecular weight excluding hydrogens is 705 g/mol. The number of rotatable bonds is 10. The molecule has 0 saturated carbocycles. The molecule has 6 rings (SSSR count). The molecule has 1 amide bonds. The van der Waals surface area contributed by atoms with Gasteiger partial charge in [-0.15, -0.1) is 0 Å². The summed E-state index contributed by atoms with van der Waals surface area (Å²) in [7, 11) is 2.26. The number of likely N-dealkylation sites (tertiary alicyclic amines) is 1. The van der Waals surface area contributed by atoms with Crippen molar-refractivity contribution in [2.24, 2.45) is 7.05 Å². The zero-order chi connectivity index (χ0) is 34.0.